The summed E-state index contributed by atoms with van der Waals surface area (Å²) in [6.45, 7) is 2.26. The summed E-state index contributed by atoms with van der Waals surface area (Å²) in [5.74, 6) is 0.127. The molecule has 0 bridgehead atoms. The Hall–Kier alpha value is -0.840. The van der Waals surface area contributed by atoms with Crippen molar-refractivity contribution in [3.05, 3.63) is 0 Å². The van der Waals surface area contributed by atoms with Crippen molar-refractivity contribution in [2.75, 3.05) is 19.6 Å². The summed E-state index contributed by atoms with van der Waals surface area (Å²) in [6, 6.07) is 0.592. The van der Waals surface area contributed by atoms with Crippen LogP contribution in [0.3, 0.4) is 0 Å². The molecular weight excluding hydrogens is 198 g/mol. The Balaban J connectivity index is 1.82. The lowest BCUT2D eigenvalue weighted by Gasteiger charge is -2.23. The molecule has 0 unspecified atom stereocenters. The van der Waals surface area contributed by atoms with Crippen molar-refractivity contribution in [2.24, 2.45) is 0 Å². The molecular formula is C9H15N3OS. The molecule has 0 aromatic rings. The van der Waals surface area contributed by atoms with Crippen LogP contribution in [0.4, 0.5) is 0 Å². The molecule has 1 aliphatic carbocycles. The van der Waals surface area contributed by atoms with Gasteiger partial charge in [-0.05, 0) is 25.1 Å². The van der Waals surface area contributed by atoms with Gasteiger partial charge in [0.15, 0.2) is 5.11 Å². The minimum absolute atomic E-state index is 0.127. The van der Waals surface area contributed by atoms with Gasteiger partial charge in [0.25, 0.3) is 0 Å². The molecule has 0 aromatic carbocycles. The number of rotatable bonds is 1. The summed E-state index contributed by atoms with van der Waals surface area (Å²) >= 11 is 5.26. The summed E-state index contributed by atoms with van der Waals surface area (Å²) in [6.07, 6.45) is 3.00. The molecule has 2 N–H and O–H groups in total. The zero-order chi connectivity index (χ0) is 9.97. The van der Waals surface area contributed by atoms with E-state index in [4.69, 9.17) is 12.2 Å². The Labute approximate surface area is 89.0 Å². The van der Waals surface area contributed by atoms with Crippen molar-refractivity contribution < 1.29 is 4.79 Å². The van der Waals surface area contributed by atoms with E-state index in [0.717, 1.165) is 18.2 Å². The molecule has 1 heterocycles. The zero-order valence-electron chi connectivity index (χ0n) is 8.08. The maximum Gasteiger partial charge on any atom is 0.221 e. The minimum atomic E-state index is 0.127. The van der Waals surface area contributed by atoms with Crippen LogP contribution in [0.5, 0.6) is 0 Å². The van der Waals surface area contributed by atoms with E-state index in [0.29, 0.717) is 19.0 Å². The maximum atomic E-state index is 11.1. The van der Waals surface area contributed by atoms with Crippen LogP contribution in [-0.4, -0.2) is 41.6 Å². The highest BCUT2D eigenvalue weighted by molar-refractivity contribution is 7.80. The van der Waals surface area contributed by atoms with E-state index in [1.807, 2.05) is 0 Å². The molecule has 4 nitrogen and oxygen atoms in total. The SMILES string of the molecule is O=C1CCN(C(=S)NC2CC2)CCN1. The van der Waals surface area contributed by atoms with Gasteiger partial charge in [-0.15, -0.1) is 0 Å². The highest BCUT2D eigenvalue weighted by atomic mass is 32.1. The van der Waals surface area contributed by atoms with Crippen LogP contribution < -0.4 is 10.6 Å². The van der Waals surface area contributed by atoms with Crippen LogP contribution in [0.25, 0.3) is 0 Å². The second kappa shape index (κ2) is 4.13. The normalized spacial score (nSPS) is 22.6. The third kappa shape index (κ3) is 2.57. The highest BCUT2D eigenvalue weighted by Gasteiger charge is 2.24. The molecule has 1 saturated heterocycles. The van der Waals surface area contributed by atoms with E-state index in [-0.39, 0.29) is 5.91 Å². The van der Waals surface area contributed by atoms with Gasteiger partial charge in [0.1, 0.15) is 0 Å². The molecule has 1 aliphatic heterocycles. The van der Waals surface area contributed by atoms with Gasteiger partial charge in [0.05, 0.1) is 0 Å². The molecule has 2 fully saturated rings. The predicted molar refractivity (Wildman–Crippen MR) is 58.0 cm³/mol. The molecule has 78 valence electrons. The van der Waals surface area contributed by atoms with E-state index in [9.17, 15) is 4.79 Å². The lowest BCUT2D eigenvalue weighted by molar-refractivity contribution is -0.120. The number of hydrogen-bond acceptors (Lipinski definition) is 2. The van der Waals surface area contributed by atoms with Crippen LogP contribution in [0.2, 0.25) is 0 Å². The fourth-order valence-electron chi connectivity index (χ4n) is 1.46. The third-order valence-electron chi connectivity index (χ3n) is 2.50. The standard InChI is InChI=1S/C9H15N3OS/c13-8-3-5-12(6-4-10-8)9(14)11-7-1-2-7/h7H,1-6H2,(H,10,13)(H,11,14). The van der Waals surface area contributed by atoms with Gasteiger partial charge in [-0.3, -0.25) is 4.79 Å². The number of carbonyl (C=O) groups excluding carboxylic acids is 1. The third-order valence-corrected chi connectivity index (χ3v) is 2.88. The van der Waals surface area contributed by atoms with Gasteiger partial charge in [0.2, 0.25) is 5.91 Å². The molecule has 0 radical (unpaired) electrons. The van der Waals surface area contributed by atoms with Crippen LogP contribution in [0, 0.1) is 0 Å². The van der Waals surface area contributed by atoms with Crippen LogP contribution in [-0.2, 0) is 4.79 Å². The number of nitrogens with zero attached hydrogens (tertiary/aromatic N) is 1. The minimum Gasteiger partial charge on any atom is -0.360 e. The molecule has 2 aliphatic rings. The van der Waals surface area contributed by atoms with Crippen LogP contribution in [0.1, 0.15) is 19.3 Å². The highest BCUT2D eigenvalue weighted by Crippen LogP contribution is 2.19. The maximum absolute atomic E-state index is 11.1. The second-order valence-electron chi connectivity index (χ2n) is 3.81. The van der Waals surface area contributed by atoms with Crippen LogP contribution >= 0.6 is 12.2 Å². The van der Waals surface area contributed by atoms with Crippen molar-refractivity contribution in [2.45, 2.75) is 25.3 Å². The molecule has 5 heteroatoms. The van der Waals surface area contributed by atoms with Crippen molar-refractivity contribution in [3.63, 3.8) is 0 Å². The summed E-state index contributed by atoms with van der Waals surface area (Å²) in [5.41, 5.74) is 0. The van der Waals surface area contributed by atoms with Crippen molar-refractivity contribution in [1.29, 1.82) is 0 Å². The smallest absolute Gasteiger partial charge is 0.221 e. The second-order valence-corrected chi connectivity index (χ2v) is 4.20. The molecule has 2 rings (SSSR count). The zero-order valence-corrected chi connectivity index (χ0v) is 8.90. The van der Waals surface area contributed by atoms with Gasteiger partial charge in [-0.1, -0.05) is 0 Å². The van der Waals surface area contributed by atoms with E-state index in [1.54, 1.807) is 0 Å². The topological polar surface area (TPSA) is 44.4 Å². The predicted octanol–water partition coefficient (Wildman–Crippen LogP) is -0.155. The first kappa shape index (κ1) is 9.71. The fourth-order valence-corrected chi connectivity index (χ4v) is 1.81. The van der Waals surface area contributed by atoms with Crippen molar-refractivity contribution in [3.8, 4) is 0 Å². The lowest BCUT2D eigenvalue weighted by atomic mass is 10.4. The molecule has 1 amide bonds. The van der Waals surface area contributed by atoms with Gasteiger partial charge in [0, 0.05) is 32.1 Å². The van der Waals surface area contributed by atoms with Gasteiger partial charge in [-0.25, -0.2) is 0 Å². The number of nitrogens with one attached hydrogen (secondary N) is 2. The average molecular weight is 213 g/mol. The van der Waals surface area contributed by atoms with E-state index < -0.39 is 0 Å². The summed E-state index contributed by atoms with van der Waals surface area (Å²) in [7, 11) is 0. The van der Waals surface area contributed by atoms with Gasteiger partial charge in [-0.2, -0.15) is 0 Å². The van der Waals surface area contributed by atoms with E-state index >= 15 is 0 Å². The average Bonchev–Trinajstić information content (AvgIpc) is 2.93. The Morgan fingerprint density at radius 3 is 3.00 bits per heavy atom. The molecule has 0 spiro atoms. The van der Waals surface area contributed by atoms with Crippen LogP contribution in [0.15, 0.2) is 0 Å². The number of amides is 1. The van der Waals surface area contributed by atoms with Crippen molar-refractivity contribution in [1.82, 2.24) is 15.5 Å². The summed E-state index contributed by atoms with van der Waals surface area (Å²) in [5, 5.41) is 6.92. The fraction of sp³-hybridized carbons (Fsp3) is 0.778. The molecule has 1 saturated carbocycles. The Morgan fingerprint density at radius 2 is 2.29 bits per heavy atom. The Morgan fingerprint density at radius 1 is 1.50 bits per heavy atom. The summed E-state index contributed by atoms with van der Waals surface area (Å²) in [4.78, 5) is 13.2. The largest absolute Gasteiger partial charge is 0.360 e. The number of thiocarbonyl (C=S) groups is 1. The first-order valence-corrected chi connectivity index (χ1v) is 5.48. The van der Waals surface area contributed by atoms with Gasteiger partial charge < -0.3 is 15.5 Å². The Kier molecular flexibility index (Phi) is 2.86. The molecule has 0 aromatic heterocycles. The number of hydrogen-bond donors (Lipinski definition) is 2. The molecule has 0 atom stereocenters. The quantitative estimate of drug-likeness (QED) is 0.594. The van der Waals surface area contributed by atoms with Gasteiger partial charge >= 0.3 is 0 Å². The first-order chi connectivity index (χ1) is 6.75. The lowest BCUT2D eigenvalue weighted by Crippen LogP contribution is -2.42. The van der Waals surface area contributed by atoms with E-state index in [2.05, 4.69) is 15.5 Å². The molecule has 14 heavy (non-hydrogen) atoms. The first-order valence-electron chi connectivity index (χ1n) is 5.08. The monoisotopic (exact) mass is 213 g/mol. The summed E-state index contributed by atoms with van der Waals surface area (Å²) < 4.78 is 0. The van der Waals surface area contributed by atoms with Crippen molar-refractivity contribution >= 4 is 23.2 Å². The van der Waals surface area contributed by atoms with E-state index in [1.165, 1.54) is 12.8 Å². The number of carbonyl (C=O) groups is 1. The Bertz CT molecular complexity index is 252.